The zero-order valence-electron chi connectivity index (χ0n) is 17.7. The molecule has 0 atom stereocenters. The van der Waals surface area contributed by atoms with Gasteiger partial charge in [0.25, 0.3) is 0 Å². The first-order valence-corrected chi connectivity index (χ1v) is 10.8. The van der Waals surface area contributed by atoms with E-state index in [-0.39, 0.29) is 5.96 Å². The number of ether oxygens (including phenoxy) is 1. The molecule has 4 N–H and O–H groups in total. The average molecular weight is 414 g/mol. The van der Waals surface area contributed by atoms with Crippen LogP contribution in [0.2, 0.25) is 0 Å². The van der Waals surface area contributed by atoms with Gasteiger partial charge in [0.15, 0.2) is 0 Å². The standard InChI is InChI=1S/C25H27N5O/c1-31-22-11-10-19-14-18(8-9-20(19)16-22)17-6-5-7-21(15-17)30-24(27)28-23(26)29-25(30)12-3-2-4-13-25/h5-11,14-16H,2-4,12-13H2,1H3,(H4,26,27,28,29). The maximum absolute atomic E-state index is 6.40. The van der Waals surface area contributed by atoms with Crippen molar-refractivity contribution in [2.24, 2.45) is 21.5 Å². The van der Waals surface area contributed by atoms with Crippen LogP contribution in [0.1, 0.15) is 32.1 Å². The van der Waals surface area contributed by atoms with Crippen molar-refractivity contribution in [2.75, 3.05) is 12.0 Å². The molecule has 6 nitrogen and oxygen atoms in total. The second kappa shape index (κ2) is 7.61. The van der Waals surface area contributed by atoms with Crippen LogP contribution in [0.3, 0.4) is 0 Å². The van der Waals surface area contributed by atoms with Crippen molar-refractivity contribution < 1.29 is 4.74 Å². The molecule has 3 aromatic carbocycles. The molecule has 1 fully saturated rings. The van der Waals surface area contributed by atoms with Crippen molar-refractivity contribution in [3.05, 3.63) is 60.7 Å². The quantitative estimate of drug-likeness (QED) is 0.655. The van der Waals surface area contributed by atoms with E-state index in [1.807, 2.05) is 6.07 Å². The highest BCUT2D eigenvalue weighted by atomic mass is 16.5. The molecular weight excluding hydrogens is 386 g/mol. The monoisotopic (exact) mass is 413 g/mol. The maximum atomic E-state index is 6.40. The molecule has 0 radical (unpaired) electrons. The molecule has 31 heavy (non-hydrogen) atoms. The topological polar surface area (TPSA) is 89.2 Å². The largest absolute Gasteiger partial charge is 0.497 e. The maximum Gasteiger partial charge on any atom is 0.220 e. The summed E-state index contributed by atoms with van der Waals surface area (Å²) in [5.41, 5.74) is 15.2. The molecule has 0 aromatic heterocycles. The summed E-state index contributed by atoms with van der Waals surface area (Å²) in [7, 11) is 1.69. The molecule has 6 heteroatoms. The van der Waals surface area contributed by atoms with Crippen LogP contribution in [0.25, 0.3) is 21.9 Å². The van der Waals surface area contributed by atoms with E-state index in [0.717, 1.165) is 53.6 Å². The number of anilines is 1. The van der Waals surface area contributed by atoms with E-state index in [9.17, 15) is 0 Å². The van der Waals surface area contributed by atoms with Crippen molar-refractivity contribution in [1.82, 2.24) is 0 Å². The van der Waals surface area contributed by atoms with Crippen molar-refractivity contribution >= 4 is 28.4 Å². The number of guanidine groups is 2. The van der Waals surface area contributed by atoms with E-state index >= 15 is 0 Å². The van der Waals surface area contributed by atoms with Gasteiger partial charge in [-0.2, -0.15) is 4.99 Å². The highest BCUT2D eigenvalue weighted by molar-refractivity contribution is 6.06. The third-order valence-corrected chi connectivity index (χ3v) is 6.34. The summed E-state index contributed by atoms with van der Waals surface area (Å²) in [6.45, 7) is 0. The van der Waals surface area contributed by atoms with E-state index in [1.54, 1.807) is 7.11 Å². The first-order valence-electron chi connectivity index (χ1n) is 10.8. The van der Waals surface area contributed by atoms with E-state index in [4.69, 9.17) is 21.2 Å². The normalized spacial score (nSPS) is 18.0. The summed E-state index contributed by atoms with van der Waals surface area (Å²) in [4.78, 5) is 11.1. The summed E-state index contributed by atoms with van der Waals surface area (Å²) in [5, 5.41) is 2.32. The third-order valence-electron chi connectivity index (χ3n) is 6.34. The van der Waals surface area contributed by atoms with Gasteiger partial charge in [0.1, 0.15) is 11.4 Å². The van der Waals surface area contributed by atoms with Gasteiger partial charge in [-0.25, -0.2) is 4.99 Å². The zero-order chi connectivity index (χ0) is 21.4. The van der Waals surface area contributed by atoms with E-state index < -0.39 is 5.66 Å². The molecule has 0 unspecified atom stereocenters. The van der Waals surface area contributed by atoms with Crippen LogP contribution in [-0.2, 0) is 0 Å². The number of methoxy groups -OCH3 is 1. The van der Waals surface area contributed by atoms with Gasteiger partial charge in [-0.1, -0.05) is 36.8 Å². The van der Waals surface area contributed by atoms with Crippen LogP contribution < -0.4 is 21.1 Å². The SMILES string of the molecule is COc1ccc2cc(-c3cccc(N4C(N)=NC(N)=NC45CCCCC5)c3)ccc2c1. The molecular formula is C25H27N5O. The number of hydrogen-bond acceptors (Lipinski definition) is 6. The summed E-state index contributed by atoms with van der Waals surface area (Å²) < 4.78 is 5.34. The first-order chi connectivity index (χ1) is 15.1. The Morgan fingerprint density at radius 1 is 0.871 bits per heavy atom. The van der Waals surface area contributed by atoms with Crippen LogP contribution >= 0.6 is 0 Å². The Balaban J connectivity index is 1.55. The molecule has 2 aliphatic rings. The fraction of sp³-hybridized carbons (Fsp3) is 0.280. The summed E-state index contributed by atoms with van der Waals surface area (Å²) in [5.74, 6) is 1.55. The predicted molar refractivity (Wildman–Crippen MR) is 127 cm³/mol. The number of fused-ring (bicyclic) bond motifs is 1. The Labute approximate surface area is 182 Å². The number of aliphatic imine (C=N–C) groups is 2. The smallest absolute Gasteiger partial charge is 0.220 e. The number of benzene rings is 3. The minimum absolute atomic E-state index is 0.275. The molecule has 5 rings (SSSR count). The lowest BCUT2D eigenvalue weighted by molar-refractivity contribution is 0.305. The molecule has 1 aliphatic heterocycles. The van der Waals surface area contributed by atoms with Gasteiger partial charge in [-0.3, -0.25) is 4.90 Å². The Hall–Kier alpha value is -3.54. The van der Waals surface area contributed by atoms with Gasteiger partial charge in [0.2, 0.25) is 11.9 Å². The summed E-state index contributed by atoms with van der Waals surface area (Å²) in [6, 6.07) is 21.0. The lowest BCUT2D eigenvalue weighted by atomic mass is 9.87. The van der Waals surface area contributed by atoms with Gasteiger partial charge in [0, 0.05) is 5.69 Å². The van der Waals surface area contributed by atoms with Crippen molar-refractivity contribution in [2.45, 2.75) is 37.8 Å². The Morgan fingerprint density at radius 2 is 1.61 bits per heavy atom. The number of hydrogen-bond donors (Lipinski definition) is 2. The first kappa shape index (κ1) is 19.4. The molecule has 1 aliphatic carbocycles. The zero-order valence-corrected chi connectivity index (χ0v) is 17.7. The van der Waals surface area contributed by atoms with Crippen molar-refractivity contribution in [3.63, 3.8) is 0 Å². The van der Waals surface area contributed by atoms with Crippen LogP contribution in [-0.4, -0.2) is 24.7 Å². The minimum atomic E-state index is -0.438. The van der Waals surface area contributed by atoms with Crippen LogP contribution in [0.15, 0.2) is 70.6 Å². The summed E-state index contributed by atoms with van der Waals surface area (Å²) >= 11 is 0. The minimum Gasteiger partial charge on any atom is -0.497 e. The molecule has 3 aromatic rings. The number of nitrogens with zero attached hydrogens (tertiary/aromatic N) is 3. The van der Waals surface area contributed by atoms with Crippen LogP contribution in [0.5, 0.6) is 5.75 Å². The number of nitrogens with two attached hydrogens (primary N) is 2. The Morgan fingerprint density at radius 3 is 2.42 bits per heavy atom. The number of rotatable bonds is 3. The highest BCUT2D eigenvalue weighted by Crippen LogP contribution is 2.40. The van der Waals surface area contributed by atoms with E-state index in [2.05, 4.69) is 64.5 Å². The third kappa shape index (κ3) is 3.48. The predicted octanol–water partition coefficient (Wildman–Crippen LogP) is 4.63. The van der Waals surface area contributed by atoms with Crippen LogP contribution in [0.4, 0.5) is 5.69 Å². The molecule has 1 heterocycles. The van der Waals surface area contributed by atoms with E-state index in [0.29, 0.717) is 5.96 Å². The fourth-order valence-electron chi connectivity index (χ4n) is 4.85. The van der Waals surface area contributed by atoms with Crippen LogP contribution in [0, 0.1) is 0 Å². The van der Waals surface area contributed by atoms with Gasteiger partial charge in [-0.05, 0) is 77.9 Å². The van der Waals surface area contributed by atoms with Gasteiger partial charge in [0.05, 0.1) is 7.11 Å². The molecule has 0 saturated heterocycles. The lowest BCUT2D eigenvalue weighted by Gasteiger charge is -2.45. The molecule has 0 amide bonds. The average Bonchev–Trinajstić information content (AvgIpc) is 2.78. The van der Waals surface area contributed by atoms with Crippen molar-refractivity contribution in [1.29, 1.82) is 0 Å². The second-order valence-electron chi connectivity index (χ2n) is 8.30. The molecule has 1 saturated carbocycles. The Kier molecular flexibility index (Phi) is 4.77. The van der Waals surface area contributed by atoms with Gasteiger partial charge in [-0.15, -0.1) is 0 Å². The molecule has 1 spiro atoms. The molecule has 0 bridgehead atoms. The van der Waals surface area contributed by atoms with Gasteiger partial charge < -0.3 is 16.2 Å². The van der Waals surface area contributed by atoms with E-state index in [1.165, 1.54) is 11.8 Å². The lowest BCUT2D eigenvalue weighted by Crippen LogP contribution is -2.58. The van der Waals surface area contributed by atoms with Gasteiger partial charge >= 0.3 is 0 Å². The highest BCUT2D eigenvalue weighted by Gasteiger charge is 2.42. The Bertz CT molecular complexity index is 1190. The van der Waals surface area contributed by atoms with Crippen molar-refractivity contribution in [3.8, 4) is 16.9 Å². The fourth-order valence-corrected chi connectivity index (χ4v) is 4.85. The second-order valence-corrected chi connectivity index (χ2v) is 8.30. The summed E-state index contributed by atoms with van der Waals surface area (Å²) in [6.07, 6.45) is 5.27. The molecule has 158 valence electrons.